The summed E-state index contributed by atoms with van der Waals surface area (Å²) in [5, 5.41) is 4.54. The van der Waals surface area contributed by atoms with Crippen LogP contribution in [0.2, 0.25) is 17.3 Å². The molecule has 0 atom stereocenters. The minimum absolute atomic E-state index is 0. The van der Waals surface area contributed by atoms with Crippen LogP contribution < -0.4 is 4.40 Å². The number of hydrogen-bond acceptors (Lipinski definition) is 3. The Labute approximate surface area is 386 Å². The predicted molar refractivity (Wildman–Crippen MR) is 260 cm³/mol. The Morgan fingerprint density at radius 2 is 1.40 bits per heavy atom. The van der Waals surface area contributed by atoms with Crippen molar-refractivity contribution in [1.29, 1.82) is 0 Å². The third-order valence-electron chi connectivity index (χ3n) is 11.6. The maximum absolute atomic E-state index is 7.35. The molecule has 0 aliphatic carbocycles. The minimum Gasteiger partial charge on any atom is 0 e. The van der Waals surface area contributed by atoms with Gasteiger partial charge in [-0.2, -0.15) is 0 Å². The topological polar surface area (TPSA) is 43.9 Å². The van der Waals surface area contributed by atoms with E-state index in [1.54, 1.807) is 12.1 Å². The van der Waals surface area contributed by atoms with Crippen molar-refractivity contribution in [2.45, 2.75) is 63.7 Å². The van der Waals surface area contributed by atoms with E-state index in [1.807, 2.05) is 30.5 Å². The average molecular weight is 1050 g/mol. The third kappa shape index (κ3) is 8.22. The maximum Gasteiger partial charge on any atom is 0 e. The number of fused-ring (bicyclic) bond motifs is 6. The second-order valence-electron chi connectivity index (χ2n) is 17.5. The molecule has 0 unspecified atom stereocenters. The molecule has 6 heteroatoms. The first-order valence-electron chi connectivity index (χ1n) is 22.6. The van der Waals surface area contributed by atoms with Gasteiger partial charge in [-0.25, -0.2) is 0 Å². The first-order valence-corrected chi connectivity index (χ1v) is 28.5. The maximum atomic E-state index is 7.35. The van der Waals surface area contributed by atoms with Crippen LogP contribution in [0.3, 0.4) is 0 Å². The van der Waals surface area contributed by atoms with Crippen molar-refractivity contribution in [3.63, 3.8) is 0 Å². The standard InChI is InChI=1S/C41H33N2O.C15H18GeN.Ir/c1-25(2)34-23-29(27-13-6-5-7-14-27)24-35(26(3)4)38(34)43-39-30-16-9-8-15-28(30)21-22-36(39)42-41(43)33-19-12-18-32-31-17-10-11-20-37(31)44-40(32)33;1-12-5-7-13(8-6-12)15-10-9-14(11-17-15)16(2,3)4;/h5-18,20-26H,1-4H3;5-7,9-11H,1-4H3;/q2*-1;/i;1D3;. The zero-order valence-corrected chi connectivity index (χ0v) is 40.7. The zero-order valence-electron chi connectivity index (χ0n) is 39.2. The molecule has 0 amide bonds. The first-order chi connectivity index (χ1) is 30.7. The van der Waals surface area contributed by atoms with Crippen molar-refractivity contribution in [2.24, 2.45) is 0 Å². The SMILES string of the molecule is CC(C)c1cc(-c2ccccc2)cc(C(C)C)c1-n1c(-c2[c-]ccc3c2oc2ccccc23)nc2ccc3ccccc3c21.[2H]C([2H])([2H])c1c[c-]c(-c2cc[c]([Ge]([CH3])([CH3])[CH3])cn2)cc1.[Ir]. The molecule has 62 heavy (non-hydrogen) atoms. The summed E-state index contributed by atoms with van der Waals surface area (Å²) in [6.45, 7) is 7.09. The van der Waals surface area contributed by atoms with Crippen LogP contribution >= 0.6 is 0 Å². The normalized spacial score (nSPS) is 12.6. The molecule has 0 bridgehead atoms. The van der Waals surface area contributed by atoms with Crippen LogP contribution in [0.5, 0.6) is 0 Å². The third-order valence-corrected chi connectivity index (χ3v) is 15.8. The number of pyridine rings is 1. The molecule has 1 radical (unpaired) electrons. The minimum atomic E-state index is -2.08. The number of imidazole rings is 1. The van der Waals surface area contributed by atoms with Crippen LogP contribution in [0, 0.1) is 19.0 Å². The number of rotatable bonds is 7. The summed E-state index contributed by atoms with van der Waals surface area (Å²) in [5.74, 6) is 8.38. The Balaban J connectivity index is 0.000000232. The van der Waals surface area contributed by atoms with E-state index in [9.17, 15) is 0 Å². The van der Waals surface area contributed by atoms with Gasteiger partial charge >= 0.3 is 110 Å². The predicted octanol–water partition coefficient (Wildman–Crippen LogP) is 14.9. The molecular formula is C56H51GeIrN3O-2. The number of para-hydroxylation sites is 1. The van der Waals surface area contributed by atoms with E-state index in [2.05, 4.69) is 170 Å². The molecule has 0 fully saturated rings. The molecule has 0 aliphatic rings. The van der Waals surface area contributed by atoms with Crippen LogP contribution in [0.15, 0.2) is 156 Å². The summed E-state index contributed by atoms with van der Waals surface area (Å²) >= 11 is -1.83. The van der Waals surface area contributed by atoms with Crippen LogP contribution in [0.1, 0.15) is 60.3 Å². The van der Waals surface area contributed by atoms with Crippen molar-refractivity contribution in [1.82, 2.24) is 14.5 Å². The number of hydrogen-bond donors (Lipinski definition) is 0. The molecular weight excluding hydrogens is 995 g/mol. The number of nitrogens with zero attached hydrogens (tertiary/aromatic N) is 3. The summed E-state index contributed by atoms with van der Waals surface area (Å²) in [5.41, 5.74) is 12.8. The van der Waals surface area contributed by atoms with Gasteiger partial charge in [0.1, 0.15) is 5.58 Å². The van der Waals surface area contributed by atoms with Gasteiger partial charge in [0.2, 0.25) is 0 Å². The van der Waals surface area contributed by atoms with Crippen LogP contribution in [-0.4, -0.2) is 27.8 Å². The number of benzene rings is 7. The molecule has 3 heterocycles. The van der Waals surface area contributed by atoms with Gasteiger partial charge in [0, 0.05) is 36.6 Å². The van der Waals surface area contributed by atoms with E-state index < -0.39 is 20.1 Å². The summed E-state index contributed by atoms with van der Waals surface area (Å²) in [4.78, 5) is 9.87. The molecule has 3 aromatic heterocycles. The fourth-order valence-corrected chi connectivity index (χ4v) is 10.4. The smallest absolute Gasteiger partial charge is 0 e. The fourth-order valence-electron chi connectivity index (χ4n) is 8.28. The van der Waals surface area contributed by atoms with Gasteiger partial charge in [-0.15, -0.1) is 18.2 Å². The average Bonchev–Trinajstić information content (AvgIpc) is 3.88. The molecule has 0 N–H and O–H groups in total. The molecule has 10 rings (SSSR count). The van der Waals surface area contributed by atoms with Gasteiger partial charge in [0.05, 0.1) is 22.4 Å². The van der Waals surface area contributed by atoms with Gasteiger partial charge < -0.3 is 8.98 Å². The van der Waals surface area contributed by atoms with Gasteiger partial charge in [-0.05, 0) is 63.7 Å². The van der Waals surface area contributed by atoms with Crippen molar-refractivity contribution < 1.29 is 28.6 Å². The van der Waals surface area contributed by atoms with Crippen LogP contribution in [0.25, 0.3) is 83.2 Å². The molecule has 0 spiro atoms. The van der Waals surface area contributed by atoms with Crippen molar-refractivity contribution in [2.75, 3.05) is 0 Å². The van der Waals surface area contributed by atoms with Gasteiger partial charge in [0.15, 0.2) is 0 Å². The summed E-state index contributed by atoms with van der Waals surface area (Å²) in [7, 11) is 0. The monoisotopic (exact) mass is 1050 g/mol. The number of furan rings is 1. The molecule has 7 aromatic carbocycles. The fraction of sp³-hybridized carbons (Fsp3) is 0.179. The summed E-state index contributed by atoms with van der Waals surface area (Å²) in [6.07, 6.45) is 1.95. The van der Waals surface area contributed by atoms with E-state index in [-0.39, 0.29) is 31.9 Å². The first kappa shape index (κ1) is 39.3. The Hall–Kier alpha value is -5.59. The largest absolute Gasteiger partial charge is 0 e. The van der Waals surface area contributed by atoms with Gasteiger partial charge in [-0.3, -0.25) is 4.98 Å². The van der Waals surface area contributed by atoms with E-state index in [4.69, 9.17) is 13.5 Å². The van der Waals surface area contributed by atoms with E-state index >= 15 is 0 Å². The zero-order chi connectivity index (χ0) is 44.9. The van der Waals surface area contributed by atoms with Crippen molar-refractivity contribution in [3.8, 4) is 39.5 Å². The van der Waals surface area contributed by atoms with Gasteiger partial charge in [0.25, 0.3) is 0 Å². The Bertz CT molecular complexity index is 3210. The quantitative estimate of drug-likeness (QED) is 0.118. The van der Waals surface area contributed by atoms with Gasteiger partial charge in [-0.1, -0.05) is 118 Å². The molecule has 0 aliphatic heterocycles. The molecule has 311 valence electrons. The Morgan fingerprint density at radius 3 is 2.06 bits per heavy atom. The van der Waals surface area contributed by atoms with Crippen molar-refractivity contribution in [3.05, 3.63) is 181 Å². The second kappa shape index (κ2) is 17.6. The molecule has 10 aromatic rings. The second-order valence-corrected chi connectivity index (χ2v) is 28.1. The van der Waals surface area contributed by atoms with Crippen LogP contribution in [-0.2, 0) is 20.1 Å². The van der Waals surface area contributed by atoms with E-state index in [1.165, 1.54) is 49.2 Å². The number of aromatic nitrogens is 3. The Kier molecular flexibility index (Phi) is 11.2. The number of aryl methyl sites for hydroxylation is 1. The van der Waals surface area contributed by atoms with Crippen LogP contribution in [0.4, 0.5) is 0 Å². The molecule has 0 saturated carbocycles. The Morgan fingerprint density at radius 1 is 0.694 bits per heavy atom. The van der Waals surface area contributed by atoms with Crippen molar-refractivity contribution >= 4 is 61.4 Å². The van der Waals surface area contributed by atoms with E-state index in [0.717, 1.165) is 55.6 Å². The summed E-state index contributed by atoms with van der Waals surface area (Å²) in [6, 6.07) is 56.4. The molecule has 4 nitrogen and oxygen atoms in total. The summed E-state index contributed by atoms with van der Waals surface area (Å²) < 4.78 is 32.4. The van der Waals surface area contributed by atoms with E-state index in [0.29, 0.717) is 5.56 Å². The molecule has 0 saturated heterocycles.